The van der Waals surface area contributed by atoms with E-state index < -0.39 is 0 Å². The average molecular weight is 429 g/mol. The number of carbonyl (C=O) groups is 1. The lowest BCUT2D eigenvalue weighted by atomic mass is 9.80. The molecule has 0 N–H and O–H groups in total. The van der Waals surface area contributed by atoms with Gasteiger partial charge in [0.25, 0.3) is 5.91 Å². The van der Waals surface area contributed by atoms with Gasteiger partial charge < -0.3 is 14.5 Å². The molecule has 0 atom stereocenters. The Bertz CT molecular complexity index is 871. The highest BCUT2D eigenvalue weighted by atomic mass is 79.9. The third-order valence-electron chi connectivity index (χ3n) is 6.09. The standard InChI is InChI=1S/C22H25BrN2O2/c1-15-12-17(23)13-19-20(15)21(26)25(22(19)8-10-24(2)11-9-22)14-16-4-6-18(27-3)7-5-16/h4-7,12-13H,8-11,14H2,1-3H3. The number of fused-ring (bicyclic) bond motifs is 2. The van der Waals surface area contributed by atoms with Crippen LogP contribution in [0.15, 0.2) is 40.9 Å². The summed E-state index contributed by atoms with van der Waals surface area (Å²) in [5.74, 6) is 0.999. The molecule has 2 aliphatic heterocycles. The van der Waals surface area contributed by atoms with Crippen LogP contribution in [0.5, 0.6) is 5.75 Å². The van der Waals surface area contributed by atoms with Gasteiger partial charge >= 0.3 is 0 Å². The van der Waals surface area contributed by atoms with E-state index in [2.05, 4.69) is 57.0 Å². The van der Waals surface area contributed by atoms with E-state index in [1.54, 1.807) is 7.11 Å². The summed E-state index contributed by atoms with van der Waals surface area (Å²) in [6, 6.07) is 12.3. The van der Waals surface area contributed by atoms with Crippen LogP contribution in [0.1, 0.15) is 39.9 Å². The summed E-state index contributed by atoms with van der Waals surface area (Å²) in [6.45, 7) is 4.66. The molecule has 27 heavy (non-hydrogen) atoms. The molecule has 0 radical (unpaired) electrons. The molecule has 2 heterocycles. The highest BCUT2D eigenvalue weighted by molar-refractivity contribution is 9.10. The Balaban J connectivity index is 1.77. The van der Waals surface area contributed by atoms with E-state index >= 15 is 0 Å². The molecule has 1 spiro atoms. The number of benzene rings is 2. The summed E-state index contributed by atoms with van der Waals surface area (Å²) >= 11 is 3.65. The molecule has 1 saturated heterocycles. The van der Waals surface area contributed by atoms with Crippen LogP contribution in [-0.2, 0) is 12.1 Å². The number of ether oxygens (including phenoxy) is 1. The molecule has 1 amide bonds. The molecule has 0 bridgehead atoms. The number of carbonyl (C=O) groups excluding carboxylic acids is 1. The van der Waals surface area contributed by atoms with Gasteiger partial charge in [-0.1, -0.05) is 28.1 Å². The van der Waals surface area contributed by atoms with Gasteiger partial charge in [-0.3, -0.25) is 4.79 Å². The normalized spacial score (nSPS) is 18.8. The van der Waals surface area contributed by atoms with Crippen LogP contribution < -0.4 is 4.74 Å². The number of hydrogen-bond donors (Lipinski definition) is 0. The highest BCUT2D eigenvalue weighted by Gasteiger charge is 2.51. The van der Waals surface area contributed by atoms with Crippen molar-refractivity contribution < 1.29 is 9.53 Å². The van der Waals surface area contributed by atoms with Crippen molar-refractivity contribution in [2.24, 2.45) is 0 Å². The summed E-state index contributed by atoms with van der Waals surface area (Å²) in [6.07, 6.45) is 1.93. The Morgan fingerprint density at radius 1 is 1.15 bits per heavy atom. The van der Waals surface area contributed by atoms with E-state index in [4.69, 9.17) is 4.74 Å². The first-order chi connectivity index (χ1) is 12.9. The Labute approximate surface area is 169 Å². The van der Waals surface area contributed by atoms with Gasteiger partial charge in [0.15, 0.2) is 0 Å². The van der Waals surface area contributed by atoms with Crippen molar-refractivity contribution in [2.75, 3.05) is 27.2 Å². The van der Waals surface area contributed by atoms with Gasteiger partial charge in [-0.25, -0.2) is 0 Å². The van der Waals surface area contributed by atoms with Crippen LogP contribution in [0, 0.1) is 6.92 Å². The highest BCUT2D eigenvalue weighted by Crippen LogP contribution is 2.48. The molecule has 4 rings (SSSR count). The first-order valence-corrected chi connectivity index (χ1v) is 10.2. The smallest absolute Gasteiger partial charge is 0.255 e. The number of rotatable bonds is 3. The van der Waals surface area contributed by atoms with E-state index in [0.29, 0.717) is 6.54 Å². The van der Waals surface area contributed by atoms with Crippen LogP contribution in [0.2, 0.25) is 0 Å². The van der Waals surface area contributed by atoms with Gasteiger partial charge in [0.2, 0.25) is 0 Å². The van der Waals surface area contributed by atoms with Crippen LogP contribution in [0.25, 0.3) is 0 Å². The molecule has 0 aliphatic carbocycles. The van der Waals surface area contributed by atoms with Gasteiger partial charge in [0.1, 0.15) is 5.75 Å². The summed E-state index contributed by atoms with van der Waals surface area (Å²) in [5.41, 5.74) is 4.07. The molecule has 142 valence electrons. The molecule has 1 fully saturated rings. The summed E-state index contributed by atoms with van der Waals surface area (Å²) < 4.78 is 6.32. The Morgan fingerprint density at radius 2 is 1.81 bits per heavy atom. The van der Waals surface area contributed by atoms with Gasteiger partial charge in [-0.05, 0) is 67.8 Å². The van der Waals surface area contributed by atoms with E-state index in [9.17, 15) is 4.79 Å². The third kappa shape index (κ3) is 3.07. The molecule has 0 aromatic heterocycles. The SMILES string of the molecule is COc1ccc(CN2C(=O)c3c(C)cc(Br)cc3C23CCN(C)CC3)cc1. The second-order valence-corrected chi connectivity index (χ2v) is 8.64. The number of hydrogen-bond acceptors (Lipinski definition) is 3. The maximum Gasteiger partial charge on any atom is 0.255 e. The van der Waals surface area contributed by atoms with Crippen LogP contribution >= 0.6 is 15.9 Å². The minimum absolute atomic E-state index is 0.162. The topological polar surface area (TPSA) is 32.8 Å². The molecule has 0 unspecified atom stereocenters. The molecule has 2 aromatic rings. The monoisotopic (exact) mass is 428 g/mol. The minimum atomic E-state index is -0.215. The fourth-order valence-corrected chi connectivity index (χ4v) is 5.11. The van der Waals surface area contributed by atoms with Crippen LogP contribution in [0.4, 0.5) is 0 Å². The third-order valence-corrected chi connectivity index (χ3v) is 6.55. The molecule has 2 aromatic carbocycles. The fraction of sp³-hybridized carbons (Fsp3) is 0.409. The van der Waals surface area contributed by atoms with Crippen molar-refractivity contribution >= 4 is 21.8 Å². The van der Waals surface area contributed by atoms with E-state index in [1.807, 2.05) is 19.1 Å². The van der Waals surface area contributed by atoms with Crippen molar-refractivity contribution in [3.05, 3.63) is 63.1 Å². The lowest BCUT2D eigenvalue weighted by molar-refractivity contribution is 0.0273. The maximum atomic E-state index is 13.5. The van der Waals surface area contributed by atoms with Gasteiger partial charge in [0, 0.05) is 29.7 Å². The number of aryl methyl sites for hydroxylation is 1. The lowest BCUT2D eigenvalue weighted by Crippen LogP contribution is -2.50. The lowest BCUT2D eigenvalue weighted by Gasteiger charge is -2.44. The number of nitrogens with zero attached hydrogens (tertiary/aromatic N) is 2. The quantitative estimate of drug-likeness (QED) is 0.728. The van der Waals surface area contributed by atoms with Gasteiger partial charge in [0.05, 0.1) is 12.6 Å². The zero-order chi connectivity index (χ0) is 19.2. The Kier molecular flexibility index (Phi) is 4.77. The molecule has 0 saturated carbocycles. The largest absolute Gasteiger partial charge is 0.497 e. The second-order valence-electron chi connectivity index (χ2n) is 7.72. The predicted molar refractivity (Wildman–Crippen MR) is 110 cm³/mol. The molecule has 4 nitrogen and oxygen atoms in total. The number of piperidine rings is 1. The van der Waals surface area contributed by atoms with E-state index in [1.165, 1.54) is 5.56 Å². The number of halogens is 1. The van der Waals surface area contributed by atoms with Crippen molar-refractivity contribution in [3.63, 3.8) is 0 Å². The van der Waals surface area contributed by atoms with E-state index in [-0.39, 0.29) is 11.4 Å². The first kappa shape index (κ1) is 18.5. The number of amides is 1. The summed E-state index contributed by atoms with van der Waals surface area (Å²) in [4.78, 5) is 18.0. The van der Waals surface area contributed by atoms with Gasteiger partial charge in [-0.15, -0.1) is 0 Å². The second kappa shape index (κ2) is 6.95. The zero-order valence-electron chi connectivity index (χ0n) is 16.1. The molecular formula is C22H25BrN2O2. The van der Waals surface area contributed by atoms with E-state index in [0.717, 1.165) is 52.8 Å². The molecule has 2 aliphatic rings. The summed E-state index contributed by atoms with van der Waals surface area (Å²) in [5, 5.41) is 0. The fourth-order valence-electron chi connectivity index (χ4n) is 4.53. The van der Waals surface area contributed by atoms with Crippen LogP contribution in [0.3, 0.4) is 0 Å². The average Bonchev–Trinajstić information content (AvgIpc) is 2.87. The van der Waals surface area contributed by atoms with Crippen molar-refractivity contribution in [3.8, 4) is 5.75 Å². The van der Waals surface area contributed by atoms with Crippen molar-refractivity contribution in [1.29, 1.82) is 0 Å². The maximum absolute atomic E-state index is 13.5. The van der Waals surface area contributed by atoms with Crippen molar-refractivity contribution in [2.45, 2.75) is 31.8 Å². The van der Waals surface area contributed by atoms with Crippen LogP contribution in [-0.4, -0.2) is 43.0 Å². The van der Waals surface area contributed by atoms with Crippen molar-refractivity contribution in [1.82, 2.24) is 9.80 Å². The molecule has 5 heteroatoms. The zero-order valence-corrected chi connectivity index (χ0v) is 17.7. The number of likely N-dealkylation sites (tertiary alicyclic amines) is 1. The minimum Gasteiger partial charge on any atom is -0.497 e. The Hall–Kier alpha value is -1.85. The summed E-state index contributed by atoms with van der Waals surface area (Å²) in [7, 11) is 3.83. The Morgan fingerprint density at radius 3 is 2.44 bits per heavy atom. The first-order valence-electron chi connectivity index (χ1n) is 9.39. The van der Waals surface area contributed by atoms with Gasteiger partial charge in [-0.2, -0.15) is 0 Å². The molecular weight excluding hydrogens is 404 g/mol. The number of methoxy groups -OCH3 is 1. The predicted octanol–water partition coefficient (Wildman–Crippen LogP) is 4.34.